The average Bonchev–Trinajstić information content (AvgIpc) is 2.87. The third-order valence-electron chi connectivity index (χ3n) is 2.54. The molecule has 5 nitrogen and oxygen atoms in total. The van der Waals surface area contributed by atoms with Crippen molar-refractivity contribution in [3.63, 3.8) is 0 Å². The van der Waals surface area contributed by atoms with E-state index in [9.17, 15) is 0 Å². The Morgan fingerprint density at radius 1 is 1.41 bits per heavy atom. The van der Waals surface area contributed by atoms with E-state index in [4.69, 9.17) is 15.6 Å². The zero-order valence-corrected chi connectivity index (χ0v) is 9.55. The number of ether oxygens (including phenoxy) is 1. The van der Waals surface area contributed by atoms with Gasteiger partial charge in [0.25, 0.3) is 0 Å². The Morgan fingerprint density at radius 2 is 2.12 bits per heavy atom. The Bertz CT molecular complexity index is 479. The lowest BCUT2D eigenvalue weighted by molar-refractivity contribution is 0.264. The Balaban J connectivity index is 2.24. The molecule has 0 fully saturated rings. The molecule has 1 unspecified atom stereocenters. The van der Waals surface area contributed by atoms with Gasteiger partial charge in [-0.1, -0.05) is 0 Å². The summed E-state index contributed by atoms with van der Waals surface area (Å²) in [6, 6.07) is 7.15. The van der Waals surface area contributed by atoms with Gasteiger partial charge in [-0.05, 0) is 29.8 Å². The molecule has 0 spiro atoms. The molecule has 5 heteroatoms. The molecule has 0 aliphatic rings. The number of H-pyrrole nitrogens is 1. The summed E-state index contributed by atoms with van der Waals surface area (Å²) in [5, 5.41) is 8.93. The standard InChI is InChI=1S/C12H15N3O2/c1-17-9-4-2-8(3-5-9)11-6-14-12(15-11)10(13)7-16/h2-6,10,16H,7,13H2,1H3,(H,14,15). The highest BCUT2D eigenvalue weighted by molar-refractivity contribution is 5.59. The normalized spacial score (nSPS) is 12.4. The van der Waals surface area contributed by atoms with Crippen LogP contribution in [0.4, 0.5) is 0 Å². The second kappa shape index (κ2) is 4.99. The molecule has 0 amide bonds. The van der Waals surface area contributed by atoms with E-state index in [2.05, 4.69) is 9.97 Å². The number of rotatable bonds is 4. The van der Waals surface area contributed by atoms with Crippen molar-refractivity contribution in [3.05, 3.63) is 36.3 Å². The first-order chi connectivity index (χ1) is 8.24. The van der Waals surface area contributed by atoms with Crippen LogP contribution >= 0.6 is 0 Å². The average molecular weight is 233 g/mol. The van der Waals surface area contributed by atoms with E-state index in [-0.39, 0.29) is 6.61 Å². The Kier molecular flexibility index (Phi) is 3.41. The molecule has 0 radical (unpaired) electrons. The second-order valence-corrected chi connectivity index (χ2v) is 3.70. The highest BCUT2D eigenvalue weighted by Gasteiger charge is 2.09. The van der Waals surface area contributed by atoms with E-state index in [1.165, 1.54) is 0 Å². The van der Waals surface area contributed by atoms with Crippen LogP contribution in [-0.2, 0) is 0 Å². The van der Waals surface area contributed by atoms with Crippen molar-refractivity contribution in [2.45, 2.75) is 6.04 Å². The predicted molar refractivity (Wildman–Crippen MR) is 64.6 cm³/mol. The molecule has 17 heavy (non-hydrogen) atoms. The lowest BCUT2D eigenvalue weighted by Crippen LogP contribution is -2.15. The first-order valence-electron chi connectivity index (χ1n) is 5.30. The molecule has 1 atom stereocenters. The Morgan fingerprint density at radius 3 is 2.71 bits per heavy atom. The molecule has 1 aromatic heterocycles. The van der Waals surface area contributed by atoms with Crippen molar-refractivity contribution in [1.29, 1.82) is 0 Å². The van der Waals surface area contributed by atoms with E-state index in [0.717, 1.165) is 17.0 Å². The number of nitrogens with zero attached hydrogens (tertiary/aromatic N) is 1. The number of imidazole rings is 1. The van der Waals surface area contributed by atoms with Gasteiger partial charge in [-0.25, -0.2) is 4.98 Å². The lowest BCUT2D eigenvalue weighted by atomic mass is 10.2. The van der Waals surface area contributed by atoms with E-state index < -0.39 is 6.04 Å². The molecular weight excluding hydrogens is 218 g/mol. The number of aromatic amines is 1. The molecule has 0 aliphatic heterocycles. The molecular formula is C12H15N3O2. The van der Waals surface area contributed by atoms with Crippen LogP contribution in [0, 0.1) is 0 Å². The largest absolute Gasteiger partial charge is 0.497 e. The smallest absolute Gasteiger partial charge is 0.125 e. The number of hydrogen-bond donors (Lipinski definition) is 3. The maximum absolute atomic E-state index is 8.93. The van der Waals surface area contributed by atoms with E-state index in [0.29, 0.717) is 5.82 Å². The lowest BCUT2D eigenvalue weighted by Gasteiger charge is -2.03. The molecule has 0 saturated carbocycles. The fourth-order valence-electron chi connectivity index (χ4n) is 1.53. The van der Waals surface area contributed by atoms with Crippen molar-refractivity contribution in [1.82, 2.24) is 9.97 Å². The highest BCUT2D eigenvalue weighted by atomic mass is 16.5. The molecule has 2 aromatic rings. The van der Waals surface area contributed by atoms with Gasteiger partial charge in [0.05, 0.1) is 31.6 Å². The number of aliphatic hydroxyl groups is 1. The van der Waals surface area contributed by atoms with Gasteiger partial charge < -0.3 is 20.6 Å². The highest BCUT2D eigenvalue weighted by Crippen LogP contribution is 2.21. The van der Waals surface area contributed by atoms with Gasteiger partial charge in [-0.3, -0.25) is 0 Å². The van der Waals surface area contributed by atoms with Crippen LogP contribution < -0.4 is 10.5 Å². The van der Waals surface area contributed by atoms with Crippen LogP contribution in [0.3, 0.4) is 0 Å². The fourth-order valence-corrected chi connectivity index (χ4v) is 1.53. The minimum atomic E-state index is -0.470. The van der Waals surface area contributed by atoms with Crippen LogP contribution in [-0.4, -0.2) is 28.8 Å². The number of nitrogens with two attached hydrogens (primary N) is 1. The maximum atomic E-state index is 8.93. The van der Waals surface area contributed by atoms with Crippen molar-refractivity contribution in [3.8, 4) is 17.0 Å². The number of nitrogens with one attached hydrogen (secondary N) is 1. The molecule has 4 N–H and O–H groups in total. The molecule has 90 valence electrons. The SMILES string of the molecule is COc1ccc(-c2cnc(C(N)CO)[nH]2)cc1. The van der Waals surface area contributed by atoms with E-state index in [1.54, 1.807) is 13.3 Å². The van der Waals surface area contributed by atoms with E-state index in [1.807, 2.05) is 24.3 Å². The minimum Gasteiger partial charge on any atom is -0.497 e. The number of aromatic nitrogens is 2. The maximum Gasteiger partial charge on any atom is 0.125 e. The summed E-state index contributed by atoms with van der Waals surface area (Å²) in [7, 11) is 1.63. The summed E-state index contributed by atoms with van der Waals surface area (Å²) >= 11 is 0. The minimum absolute atomic E-state index is 0.129. The fraction of sp³-hybridized carbons (Fsp3) is 0.250. The van der Waals surface area contributed by atoms with Crippen LogP contribution in [0.1, 0.15) is 11.9 Å². The monoisotopic (exact) mass is 233 g/mol. The van der Waals surface area contributed by atoms with Gasteiger partial charge in [0.1, 0.15) is 11.6 Å². The van der Waals surface area contributed by atoms with Gasteiger partial charge in [0.15, 0.2) is 0 Å². The summed E-state index contributed by atoms with van der Waals surface area (Å²) in [4.78, 5) is 7.21. The van der Waals surface area contributed by atoms with Crippen molar-refractivity contribution >= 4 is 0 Å². The predicted octanol–water partition coefficient (Wildman–Crippen LogP) is 1.08. The summed E-state index contributed by atoms with van der Waals surface area (Å²) in [5.41, 5.74) is 7.53. The number of benzene rings is 1. The third-order valence-corrected chi connectivity index (χ3v) is 2.54. The first kappa shape index (κ1) is 11.6. The zero-order valence-electron chi connectivity index (χ0n) is 9.55. The summed E-state index contributed by atoms with van der Waals surface area (Å²) in [6.45, 7) is -0.129. The number of aliphatic hydroxyl groups excluding tert-OH is 1. The summed E-state index contributed by atoms with van der Waals surface area (Å²) in [5.74, 6) is 1.39. The molecule has 0 aliphatic carbocycles. The van der Waals surface area contributed by atoms with Crippen LogP contribution in [0.25, 0.3) is 11.3 Å². The van der Waals surface area contributed by atoms with Crippen LogP contribution in [0.5, 0.6) is 5.75 Å². The van der Waals surface area contributed by atoms with E-state index >= 15 is 0 Å². The van der Waals surface area contributed by atoms with Gasteiger partial charge in [0.2, 0.25) is 0 Å². The second-order valence-electron chi connectivity index (χ2n) is 3.70. The Hall–Kier alpha value is -1.85. The topological polar surface area (TPSA) is 84.2 Å². The van der Waals surface area contributed by atoms with Gasteiger partial charge in [0, 0.05) is 0 Å². The molecule has 1 aromatic carbocycles. The first-order valence-corrected chi connectivity index (χ1v) is 5.30. The van der Waals surface area contributed by atoms with Gasteiger partial charge in [-0.2, -0.15) is 0 Å². The van der Waals surface area contributed by atoms with Crippen molar-refractivity contribution in [2.75, 3.05) is 13.7 Å². The molecule has 1 heterocycles. The van der Waals surface area contributed by atoms with Gasteiger partial charge >= 0.3 is 0 Å². The van der Waals surface area contributed by atoms with Crippen molar-refractivity contribution in [2.24, 2.45) is 5.73 Å². The molecule has 0 bridgehead atoms. The van der Waals surface area contributed by atoms with Crippen LogP contribution in [0.15, 0.2) is 30.5 Å². The Labute approximate surface area is 99.3 Å². The molecule has 0 saturated heterocycles. The molecule has 2 rings (SSSR count). The summed E-state index contributed by atoms with van der Waals surface area (Å²) in [6.07, 6.45) is 1.70. The van der Waals surface area contributed by atoms with Gasteiger partial charge in [-0.15, -0.1) is 0 Å². The number of hydrogen-bond acceptors (Lipinski definition) is 4. The third kappa shape index (κ3) is 2.46. The summed E-state index contributed by atoms with van der Waals surface area (Å²) < 4.78 is 5.09. The zero-order chi connectivity index (χ0) is 12.3. The van der Waals surface area contributed by atoms with Crippen molar-refractivity contribution < 1.29 is 9.84 Å². The number of methoxy groups -OCH3 is 1. The van der Waals surface area contributed by atoms with Crippen LogP contribution in [0.2, 0.25) is 0 Å². The quantitative estimate of drug-likeness (QED) is 0.737.